The molecule has 0 aliphatic heterocycles. The van der Waals surface area contributed by atoms with Gasteiger partial charge in [0.2, 0.25) is 0 Å². The Kier molecular flexibility index (Phi) is 5.73. The van der Waals surface area contributed by atoms with E-state index in [4.69, 9.17) is 0 Å². The zero-order valence-electron chi connectivity index (χ0n) is 13.2. The van der Waals surface area contributed by atoms with Crippen LogP contribution in [0, 0.1) is 0 Å². The van der Waals surface area contributed by atoms with Crippen LogP contribution in [0.1, 0.15) is 46.0 Å². The van der Waals surface area contributed by atoms with Crippen molar-refractivity contribution < 1.29 is 23.9 Å². The lowest BCUT2D eigenvalue weighted by Gasteiger charge is -2.05. The minimum atomic E-state index is -0.841. The quantitative estimate of drug-likeness (QED) is 0.464. The van der Waals surface area contributed by atoms with E-state index in [9.17, 15) is 19.2 Å². The number of hydrogen-bond donors (Lipinski definition) is 0. The molecule has 0 unspecified atom stereocenters. The largest absolute Gasteiger partial charge is 0.389 e. The first-order valence-corrected chi connectivity index (χ1v) is 7.41. The number of Topliss-reactive ketones (excluding diaryl/α,β-unsaturated/α-hetero) is 1. The Morgan fingerprint density at radius 1 is 0.792 bits per heavy atom. The minimum Gasteiger partial charge on any atom is -0.389 e. The van der Waals surface area contributed by atoms with Crippen molar-refractivity contribution >= 4 is 23.5 Å². The molecule has 0 aromatic heterocycles. The van der Waals surface area contributed by atoms with Crippen molar-refractivity contribution in [2.75, 3.05) is 0 Å². The molecule has 0 atom stereocenters. The number of rotatable bonds is 6. The third-order valence-electron chi connectivity index (χ3n) is 3.28. The Balaban J connectivity index is 2.09. The molecule has 0 aliphatic rings. The standard InChI is InChI=1S/C19H16O5/c1-13(20)10-11-17(21)24-19(23)16-9-5-8-15(12-16)18(22)14-6-3-2-4-7-14/h2-9,12H,10-11H2,1H3. The molecule has 0 fully saturated rings. The topological polar surface area (TPSA) is 77.5 Å². The highest BCUT2D eigenvalue weighted by Gasteiger charge is 2.16. The van der Waals surface area contributed by atoms with Crippen LogP contribution in [0.25, 0.3) is 0 Å². The molecule has 0 aliphatic carbocycles. The Labute approximate surface area is 139 Å². The monoisotopic (exact) mass is 324 g/mol. The second-order valence-electron chi connectivity index (χ2n) is 5.24. The fourth-order valence-corrected chi connectivity index (χ4v) is 2.04. The van der Waals surface area contributed by atoms with Gasteiger partial charge in [0.25, 0.3) is 0 Å². The molecule has 24 heavy (non-hydrogen) atoms. The lowest BCUT2D eigenvalue weighted by atomic mass is 10.0. The first-order valence-electron chi connectivity index (χ1n) is 7.41. The summed E-state index contributed by atoms with van der Waals surface area (Å²) in [6.45, 7) is 1.35. The van der Waals surface area contributed by atoms with Gasteiger partial charge in [-0.25, -0.2) is 4.79 Å². The van der Waals surface area contributed by atoms with Gasteiger partial charge in [0, 0.05) is 17.5 Å². The maximum Gasteiger partial charge on any atom is 0.345 e. The number of carbonyl (C=O) groups excluding carboxylic acids is 4. The van der Waals surface area contributed by atoms with E-state index in [0.29, 0.717) is 11.1 Å². The van der Waals surface area contributed by atoms with E-state index in [1.165, 1.54) is 19.1 Å². The van der Waals surface area contributed by atoms with Gasteiger partial charge in [-0.3, -0.25) is 9.59 Å². The first-order chi connectivity index (χ1) is 11.5. The van der Waals surface area contributed by atoms with Crippen LogP contribution in [0.2, 0.25) is 0 Å². The number of esters is 2. The van der Waals surface area contributed by atoms with Gasteiger partial charge in [0.05, 0.1) is 12.0 Å². The van der Waals surface area contributed by atoms with Gasteiger partial charge in [0.15, 0.2) is 5.78 Å². The van der Waals surface area contributed by atoms with E-state index < -0.39 is 11.9 Å². The molecule has 0 amide bonds. The van der Waals surface area contributed by atoms with E-state index >= 15 is 0 Å². The molecule has 0 spiro atoms. The van der Waals surface area contributed by atoms with Crippen LogP contribution in [0.15, 0.2) is 54.6 Å². The average Bonchev–Trinajstić information content (AvgIpc) is 2.60. The molecule has 0 radical (unpaired) electrons. The predicted octanol–water partition coefficient (Wildman–Crippen LogP) is 2.97. The Bertz CT molecular complexity index is 777. The molecule has 5 heteroatoms. The number of benzene rings is 2. The van der Waals surface area contributed by atoms with Gasteiger partial charge in [-0.2, -0.15) is 0 Å². The summed E-state index contributed by atoms with van der Waals surface area (Å²) in [5.41, 5.74) is 0.931. The van der Waals surface area contributed by atoms with Crippen molar-refractivity contribution in [3.63, 3.8) is 0 Å². The number of ether oxygens (including phenoxy) is 1. The van der Waals surface area contributed by atoms with Crippen LogP contribution in [0.5, 0.6) is 0 Å². The van der Waals surface area contributed by atoms with Crippen LogP contribution in [0.3, 0.4) is 0 Å². The van der Waals surface area contributed by atoms with Gasteiger partial charge in [-0.1, -0.05) is 42.5 Å². The van der Waals surface area contributed by atoms with Crippen molar-refractivity contribution in [3.8, 4) is 0 Å². The van der Waals surface area contributed by atoms with Crippen LogP contribution in [-0.2, 0) is 14.3 Å². The lowest BCUT2D eigenvalue weighted by molar-refractivity contribution is -0.139. The predicted molar refractivity (Wildman–Crippen MR) is 86.7 cm³/mol. The van der Waals surface area contributed by atoms with Crippen molar-refractivity contribution in [2.24, 2.45) is 0 Å². The summed E-state index contributed by atoms with van der Waals surface area (Å²) in [4.78, 5) is 46.7. The number of hydrogen-bond acceptors (Lipinski definition) is 5. The molecule has 0 bridgehead atoms. The Morgan fingerprint density at radius 3 is 2.08 bits per heavy atom. The van der Waals surface area contributed by atoms with Gasteiger partial charge in [-0.15, -0.1) is 0 Å². The molecule has 0 heterocycles. The molecular formula is C19H16O5. The SMILES string of the molecule is CC(=O)CCC(=O)OC(=O)c1cccc(C(=O)c2ccccc2)c1. The van der Waals surface area contributed by atoms with E-state index in [-0.39, 0.29) is 30.0 Å². The average molecular weight is 324 g/mol. The third kappa shape index (κ3) is 4.71. The van der Waals surface area contributed by atoms with Gasteiger partial charge in [-0.05, 0) is 19.1 Å². The molecule has 2 rings (SSSR count). The summed E-state index contributed by atoms with van der Waals surface area (Å²) >= 11 is 0. The zero-order chi connectivity index (χ0) is 17.5. The summed E-state index contributed by atoms with van der Waals surface area (Å²) < 4.78 is 4.69. The van der Waals surface area contributed by atoms with Crippen LogP contribution >= 0.6 is 0 Å². The second kappa shape index (κ2) is 7.97. The number of ketones is 2. The van der Waals surface area contributed by atoms with E-state index in [1.807, 2.05) is 0 Å². The van der Waals surface area contributed by atoms with Crippen molar-refractivity contribution in [3.05, 3.63) is 71.3 Å². The van der Waals surface area contributed by atoms with Gasteiger partial charge in [0.1, 0.15) is 5.78 Å². The lowest BCUT2D eigenvalue weighted by Crippen LogP contribution is -2.14. The maximum atomic E-state index is 12.4. The maximum absolute atomic E-state index is 12.4. The Hall–Kier alpha value is -3.08. The van der Waals surface area contributed by atoms with Crippen molar-refractivity contribution in [2.45, 2.75) is 19.8 Å². The summed E-state index contributed by atoms with van der Waals surface area (Å²) in [7, 11) is 0. The fraction of sp³-hybridized carbons (Fsp3) is 0.158. The smallest absolute Gasteiger partial charge is 0.345 e. The molecule has 0 saturated heterocycles. The summed E-state index contributed by atoms with van der Waals surface area (Å²) in [5, 5.41) is 0. The molecule has 2 aromatic rings. The van der Waals surface area contributed by atoms with E-state index in [1.54, 1.807) is 42.5 Å². The molecule has 0 saturated carbocycles. The summed E-state index contributed by atoms with van der Waals surface area (Å²) in [5.74, 6) is -2.00. The van der Waals surface area contributed by atoms with E-state index in [2.05, 4.69) is 4.74 Å². The molecule has 122 valence electrons. The minimum absolute atomic E-state index is 0.0264. The highest BCUT2D eigenvalue weighted by Crippen LogP contribution is 2.13. The van der Waals surface area contributed by atoms with Gasteiger partial charge >= 0.3 is 11.9 Å². The normalized spacial score (nSPS) is 10.0. The van der Waals surface area contributed by atoms with Crippen LogP contribution < -0.4 is 0 Å². The molecule has 0 N–H and O–H groups in total. The molecule has 5 nitrogen and oxygen atoms in total. The van der Waals surface area contributed by atoms with Crippen molar-refractivity contribution in [1.29, 1.82) is 0 Å². The molecule has 2 aromatic carbocycles. The fourth-order valence-electron chi connectivity index (χ4n) is 2.04. The van der Waals surface area contributed by atoms with Crippen molar-refractivity contribution in [1.82, 2.24) is 0 Å². The molecular weight excluding hydrogens is 308 g/mol. The summed E-state index contributed by atoms with van der Waals surface area (Å²) in [6, 6.07) is 14.6. The Morgan fingerprint density at radius 2 is 1.42 bits per heavy atom. The first kappa shape index (κ1) is 17.3. The second-order valence-corrected chi connectivity index (χ2v) is 5.24. The summed E-state index contributed by atoms with van der Waals surface area (Å²) in [6.07, 6.45) is -0.123. The highest BCUT2D eigenvalue weighted by atomic mass is 16.6. The highest BCUT2D eigenvalue weighted by molar-refractivity contribution is 6.10. The van der Waals surface area contributed by atoms with Crippen LogP contribution in [-0.4, -0.2) is 23.5 Å². The van der Waals surface area contributed by atoms with Crippen LogP contribution in [0.4, 0.5) is 0 Å². The number of carbonyl (C=O) groups is 4. The third-order valence-corrected chi connectivity index (χ3v) is 3.28. The van der Waals surface area contributed by atoms with E-state index in [0.717, 1.165) is 0 Å². The zero-order valence-corrected chi connectivity index (χ0v) is 13.2. The van der Waals surface area contributed by atoms with Gasteiger partial charge < -0.3 is 9.53 Å².